The van der Waals surface area contributed by atoms with Gasteiger partial charge in [-0.05, 0) is 36.1 Å². The van der Waals surface area contributed by atoms with E-state index in [-0.39, 0.29) is 6.61 Å². The van der Waals surface area contributed by atoms with Crippen LogP contribution < -0.4 is 4.74 Å². The van der Waals surface area contributed by atoms with Crippen LogP contribution in [-0.4, -0.2) is 31.0 Å². The van der Waals surface area contributed by atoms with Gasteiger partial charge in [-0.25, -0.2) is 0 Å². The maximum atomic E-state index is 9.00. The number of unbranched alkanes of at least 4 members (excludes halogenated alkanes) is 1. The Bertz CT molecular complexity index is 605. The number of benzene rings is 2. The normalized spacial score (nSPS) is 11.7. The summed E-state index contributed by atoms with van der Waals surface area (Å²) in [5, 5.41) is 17.4. The zero-order valence-corrected chi connectivity index (χ0v) is 13.0. The van der Waals surface area contributed by atoms with Gasteiger partial charge in [-0.1, -0.05) is 42.5 Å². The Morgan fingerprint density at radius 2 is 1.57 bits per heavy atom. The summed E-state index contributed by atoms with van der Waals surface area (Å²) in [5.74, 6) is 0.852. The lowest BCUT2D eigenvalue weighted by atomic mass is 10.1. The Morgan fingerprint density at radius 1 is 0.913 bits per heavy atom. The van der Waals surface area contributed by atoms with Gasteiger partial charge in [0.2, 0.25) is 0 Å². The standard InChI is InChI=1S/C19H21NO3/c20-14-18(21)15-22-12-4-5-13-23-19-10-8-17(9-11-19)16-6-2-1-3-7-16/h1-3,6-11,18,21H,4-5,12-13,15H2. The van der Waals surface area contributed by atoms with E-state index in [1.807, 2.05) is 30.3 Å². The van der Waals surface area contributed by atoms with E-state index in [1.165, 1.54) is 11.1 Å². The molecule has 4 heteroatoms. The van der Waals surface area contributed by atoms with E-state index in [0.29, 0.717) is 13.2 Å². The van der Waals surface area contributed by atoms with Crippen molar-refractivity contribution in [2.45, 2.75) is 18.9 Å². The van der Waals surface area contributed by atoms with Crippen LogP contribution in [-0.2, 0) is 4.74 Å². The van der Waals surface area contributed by atoms with Crippen molar-refractivity contribution in [1.29, 1.82) is 5.26 Å². The fraction of sp³-hybridized carbons (Fsp3) is 0.316. The zero-order chi connectivity index (χ0) is 16.3. The van der Waals surface area contributed by atoms with Crippen LogP contribution >= 0.6 is 0 Å². The summed E-state index contributed by atoms with van der Waals surface area (Å²) in [4.78, 5) is 0. The molecule has 0 aliphatic rings. The summed E-state index contributed by atoms with van der Waals surface area (Å²) < 4.78 is 10.9. The molecule has 2 aromatic rings. The third-order valence-corrected chi connectivity index (χ3v) is 3.34. The average molecular weight is 311 g/mol. The highest BCUT2D eigenvalue weighted by Crippen LogP contribution is 2.22. The first-order chi connectivity index (χ1) is 11.3. The molecule has 1 N–H and O–H groups in total. The highest BCUT2D eigenvalue weighted by Gasteiger charge is 2.01. The van der Waals surface area contributed by atoms with Crippen LogP contribution in [0.2, 0.25) is 0 Å². The van der Waals surface area contributed by atoms with E-state index < -0.39 is 6.10 Å². The van der Waals surface area contributed by atoms with Gasteiger partial charge < -0.3 is 14.6 Å². The summed E-state index contributed by atoms with van der Waals surface area (Å²) in [6.07, 6.45) is 0.665. The third kappa shape index (κ3) is 6.11. The van der Waals surface area contributed by atoms with Gasteiger partial charge in [0, 0.05) is 6.61 Å². The Morgan fingerprint density at radius 3 is 2.26 bits per heavy atom. The molecule has 0 aromatic heterocycles. The number of ether oxygens (including phenoxy) is 2. The number of aliphatic hydroxyl groups excluding tert-OH is 1. The highest BCUT2D eigenvalue weighted by atomic mass is 16.5. The van der Waals surface area contributed by atoms with Gasteiger partial charge in [0.05, 0.1) is 19.3 Å². The summed E-state index contributed by atoms with van der Waals surface area (Å²) in [6, 6.07) is 20.0. The lowest BCUT2D eigenvalue weighted by molar-refractivity contribution is 0.0597. The zero-order valence-electron chi connectivity index (χ0n) is 13.0. The molecule has 0 radical (unpaired) electrons. The van der Waals surface area contributed by atoms with Crippen molar-refractivity contribution in [3.05, 3.63) is 54.6 Å². The molecule has 23 heavy (non-hydrogen) atoms. The third-order valence-electron chi connectivity index (χ3n) is 3.34. The van der Waals surface area contributed by atoms with Gasteiger partial charge >= 0.3 is 0 Å². The molecule has 1 unspecified atom stereocenters. The number of hydrogen-bond acceptors (Lipinski definition) is 4. The number of aliphatic hydroxyl groups is 1. The molecule has 0 fully saturated rings. The minimum Gasteiger partial charge on any atom is -0.494 e. The molecule has 120 valence electrons. The van der Waals surface area contributed by atoms with Crippen LogP contribution in [0.4, 0.5) is 0 Å². The molecule has 1 atom stereocenters. The second kappa shape index (κ2) is 9.62. The van der Waals surface area contributed by atoms with Crippen LogP contribution in [0.15, 0.2) is 54.6 Å². The van der Waals surface area contributed by atoms with Crippen LogP contribution in [0.25, 0.3) is 11.1 Å². The number of rotatable bonds is 9. The SMILES string of the molecule is N#CC(O)COCCCCOc1ccc(-c2ccccc2)cc1. The second-order valence-electron chi connectivity index (χ2n) is 5.17. The van der Waals surface area contributed by atoms with Crippen molar-refractivity contribution < 1.29 is 14.6 Å². The van der Waals surface area contributed by atoms with Crippen molar-refractivity contribution in [1.82, 2.24) is 0 Å². The van der Waals surface area contributed by atoms with Crippen molar-refractivity contribution in [2.75, 3.05) is 19.8 Å². The van der Waals surface area contributed by atoms with E-state index in [2.05, 4.69) is 24.3 Å². The summed E-state index contributed by atoms with van der Waals surface area (Å²) in [5.41, 5.74) is 2.36. The molecule has 0 saturated heterocycles. The molecular formula is C19H21NO3. The molecule has 0 amide bonds. The number of nitriles is 1. The molecule has 2 aromatic carbocycles. The first-order valence-corrected chi connectivity index (χ1v) is 7.73. The summed E-state index contributed by atoms with van der Waals surface area (Å²) in [7, 11) is 0. The van der Waals surface area contributed by atoms with E-state index in [0.717, 1.165) is 18.6 Å². The number of hydrogen-bond donors (Lipinski definition) is 1. The Balaban J connectivity index is 1.64. The lowest BCUT2D eigenvalue weighted by Gasteiger charge is -2.08. The van der Waals surface area contributed by atoms with Gasteiger partial charge in [-0.15, -0.1) is 0 Å². The van der Waals surface area contributed by atoms with Gasteiger partial charge in [0.1, 0.15) is 5.75 Å². The van der Waals surface area contributed by atoms with Crippen LogP contribution in [0.1, 0.15) is 12.8 Å². The molecule has 4 nitrogen and oxygen atoms in total. The van der Waals surface area contributed by atoms with E-state index >= 15 is 0 Å². The molecule has 2 rings (SSSR count). The fourth-order valence-electron chi connectivity index (χ4n) is 2.10. The Kier molecular flexibility index (Phi) is 7.12. The molecular weight excluding hydrogens is 290 g/mol. The van der Waals surface area contributed by atoms with Crippen molar-refractivity contribution in [3.63, 3.8) is 0 Å². The highest BCUT2D eigenvalue weighted by molar-refractivity contribution is 5.63. The number of nitrogens with zero attached hydrogens (tertiary/aromatic N) is 1. The first kappa shape index (κ1) is 17.0. The largest absolute Gasteiger partial charge is 0.494 e. The minimum atomic E-state index is -1.03. The monoisotopic (exact) mass is 311 g/mol. The summed E-state index contributed by atoms with van der Waals surface area (Å²) in [6.45, 7) is 1.21. The minimum absolute atomic E-state index is 0.0678. The maximum absolute atomic E-state index is 9.00. The maximum Gasteiger partial charge on any atom is 0.163 e. The fourth-order valence-corrected chi connectivity index (χ4v) is 2.10. The lowest BCUT2D eigenvalue weighted by Crippen LogP contribution is -2.13. The predicted molar refractivity (Wildman–Crippen MR) is 89.0 cm³/mol. The van der Waals surface area contributed by atoms with Gasteiger partial charge in [-0.3, -0.25) is 0 Å². The smallest absolute Gasteiger partial charge is 0.163 e. The van der Waals surface area contributed by atoms with Gasteiger partial charge in [-0.2, -0.15) is 5.26 Å². The van der Waals surface area contributed by atoms with Crippen molar-refractivity contribution in [2.24, 2.45) is 0 Å². The van der Waals surface area contributed by atoms with E-state index in [1.54, 1.807) is 6.07 Å². The van der Waals surface area contributed by atoms with Gasteiger partial charge in [0.25, 0.3) is 0 Å². The average Bonchev–Trinajstić information content (AvgIpc) is 2.62. The van der Waals surface area contributed by atoms with Crippen LogP contribution in [0, 0.1) is 11.3 Å². The summed E-state index contributed by atoms with van der Waals surface area (Å²) >= 11 is 0. The van der Waals surface area contributed by atoms with E-state index in [4.69, 9.17) is 19.8 Å². The molecule has 0 aliphatic carbocycles. The van der Waals surface area contributed by atoms with Crippen LogP contribution in [0.5, 0.6) is 5.75 Å². The first-order valence-electron chi connectivity index (χ1n) is 7.73. The predicted octanol–water partition coefficient (Wildman–Crippen LogP) is 3.41. The molecule has 0 heterocycles. The molecule has 0 aliphatic heterocycles. The molecule has 0 spiro atoms. The van der Waals surface area contributed by atoms with E-state index in [9.17, 15) is 0 Å². The Hall–Kier alpha value is -2.35. The van der Waals surface area contributed by atoms with Gasteiger partial charge in [0.15, 0.2) is 6.10 Å². The quantitative estimate of drug-likeness (QED) is 0.569. The van der Waals surface area contributed by atoms with Crippen molar-refractivity contribution >= 4 is 0 Å². The Labute approximate surface area is 136 Å². The topological polar surface area (TPSA) is 62.5 Å². The molecule has 0 saturated carbocycles. The van der Waals surface area contributed by atoms with Crippen molar-refractivity contribution in [3.8, 4) is 22.9 Å². The molecule has 0 bridgehead atoms. The van der Waals surface area contributed by atoms with Crippen LogP contribution in [0.3, 0.4) is 0 Å². The second-order valence-corrected chi connectivity index (χ2v) is 5.17.